The zero-order valence-electron chi connectivity index (χ0n) is 19.0. The standard InChI is InChI=1S/C24H29BrN4O3/c1-5-6-16-7-9-21-19(11-16)23(28-32-21)24(30)26-22-14(2)27-29(15(22)3)13-17-12-18(25)8-10-20(17)31-4/h8,10,12,16H,5-7,9,11,13H2,1-4H3,(H,26,30). The summed E-state index contributed by atoms with van der Waals surface area (Å²) in [6, 6.07) is 5.88. The lowest BCUT2D eigenvalue weighted by molar-refractivity contribution is 0.101. The van der Waals surface area contributed by atoms with E-state index < -0.39 is 0 Å². The van der Waals surface area contributed by atoms with Gasteiger partial charge in [-0.25, -0.2) is 0 Å². The number of nitrogens with one attached hydrogen (secondary N) is 1. The van der Waals surface area contributed by atoms with Crippen LogP contribution >= 0.6 is 15.9 Å². The van der Waals surface area contributed by atoms with Crippen molar-refractivity contribution in [3.8, 4) is 5.75 Å². The van der Waals surface area contributed by atoms with E-state index in [1.54, 1.807) is 7.11 Å². The number of hydrogen-bond donors (Lipinski definition) is 1. The maximum atomic E-state index is 13.1. The molecule has 2 aromatic heterocycles. The Morgan fingerprint density at radius 1 is 1.38 bits per heavy atom. The Labute approximate surface area is 196 Å². The van der Waals surface area contributed by atoms with Crippen LogP contribution < -0.4 is 10.1 Å². The van der Waals surface area contributed by atoms with Gasteiger partial charge in [0.15, 0.2) is 5.69 Å². The highest BCUT2D eigenvalue weighted by atomic mass is 79.9. The van der Waals surface area contributed by atoms with E-state index in [0.717, 1.165) is 70.6 Å². The Hall–Kier alpha value is -2.61. The van der Waals surface area contributed by atoms with Crippen LogP contribution in [0.2, 0.25) is 0 Å². The first-order valence-electron chi connectivity index (χ1n) is 11.1. The summed E-state index contributed by atoms with van der Waals surface area (Å²) in [4.78, 5) is 13.1. The number of anilines is 1. The van der Waals surface area contributed by atoms with Gasteiger partial charge in [-0.3, -0.25) is 9.48 Å². The van der Waals surface area contributed by atoms with Crippen LogP contribution in [-0.4, -0.2) is 28.0 Å². The Morgan fingerprint density at radius 3 is 2.94 bits per heavy atom. The number of carbonyl (C=O) groups is 1. The van der Waals surface area contributed by atoms with Crippen molar-refractivity contribution in [2.45, 2.75) is 59.4 Å². The van der Waals surface area contributed by atoms with E-state index in [4.69, 9.17) is 9.26 Å². The van der Waals surface area contributed by atoms with Gasteiger partial charge in [-0.1, -0.05) is 40.9 Å². The van der Waals surface area contributed by atoms with Gasteiger partial charge in [-0.2, -0.15) is 5.10 Å². The van der Waals surface area contributed by atoms with Gasteiger partial charge in [0.25, 0.3) is 5.91 Å². The maximum absolute atomic E-state index is 13.1. The van der Waals surface area contributed by atoms with Gasteiger partial charge in [-0.05, 0) is 50.8 Å². The Bertz CT molecular complexity index is 1130. The third-order valence-corrected chi connectivity index (χ3v) is 6.73. The summed E-state index contributed by atoms with van der Waals surface area (Å²) in [6.45, 7) is 6.58. The van der Waals surface area contributed by atoms with Crippen molar-refractivity contribution in [1.29, 1.82) is 0 Å². The Morgan fingerprint density at radius 2 is 2.19 bits per heavy atom. The number of methoxy groups -OCH3 is 1. The molecular formula is C24H29BrN4O3. The van der Waals surface area contributed by atoms with Crippen LogP contribution in [0.1, 0.15) is 64.9 Å². The van der Waals surface area contributed by atoms with E-state index in [2.05, 4.69) is 38.4 Å². The summed E-state index contributed by atoms with van der Waals surface area (Å²) in [5, 5.41) is 11.8. The van der Waals surface area contributed by atoms with Crippen molar-refractivity contribution in [1.82, 2.24) is 14.9 Å². The summed E-state index contributed by atoms with van der Waals surface area (Å²) >= 11 is 3.52. The van der Waals surface area contributed by atoms with Crippen LogP contribution in [0.5, 0.6) is 5.75 Å². The molecule has 0 saturated heterocycles. The molecule has 170 valence electrons. The fourth-order valence-corrected chi connectivity index (χ4v) is 4.95. The van der Waals surface area contributed by atoms with Crippen LogP contribution in [0.25, 0.3) is 0 Å². The number of rotatable bonds is 7. The van der Waals surface area contributed by atoms with E-state index in [1.165, 1.54) is 0 Å². The molecule has 1 unspecified atom stereocenters. The molecule has 1 atom stereocenters. The van der Waals surface area contributed by atoms with Gasteiger partial charge in [-0.15, -0.1) is 0 Å². The molecule has 0 fully saturated rings. The second-order valence-electron chi connectivity index (χ2n) is 8.44. The third-order valence-electron chi connectivity index (χ3n) is 6.24. The van der Waals surface area contributed by atoms with Gasteiger partial charge in [0.1, 0.15) is 11.5 Å². The minimum absolute atomic E-state index is 0.238. The monoisotopic (exact) mass is 500 g/mol. The molecule has 1 N–H and O–H groups in total. The quantitative estimate of drug-likeness (QED) is 0.465. The van der Waals surface area contributed by atoms with Crippen molar-refractivity contribution in [3.05, 3.63) is 56.6 Å². The van der Waals surface area contributed by atoms with Crippen molar-refractivity contribution in [2.75, 3.05) is 12.4 Å². The Balaban J connectivity index is 1.56. The van der Waals surface area contributed by atoms with E-state index in [0.29, 0.717) is 23.8 Å². The fraction of sp³-hybridized carbons (Fsp3) is 0.458. The molecule has 2 heterocycles. The SMILES string of the molecule is CCCC1CCc2onc(C(=O)Nc3c(C)nn(Cc4cc(Br)ccc4OC)c3C)c2C1. The summed E-state index contributed by atoms with van der Waals surface area (Å²) in [5.41, 5.74) is 4.71. The molecule has 0 aliphatic heterocycles. The van der Waals surface area contributed by atoms with Gasteiger partial charge < -0.3 is 14.6 Å². The smallest absolute Gasteiger partial charge is 0.278 e. The van der Waals surface area contributed by atoms with E-state index in [9.17, 15) is 4.79 Å². The molecule has 32 heavy (non-hydrogen) atoms. The van der Waals surface area contributed by atoms with E-state index in [1.807, 2.05) is 36.7 Å². The third kappa shape index (κ3) is 4.46. The number of carbonyl (C=O) groups excluding carboxylic acids is 1. The summed E-state index contributed by atoms with van der Waals surface area (Å²) in [5.74, 6) is 2.00. The molecule has 0 saturated carbocycles. The minimum atomic E-state index is -0.238. The number of halogens is 1. The lowest BCUT2D eigenvalue weighted by Gasteiger charge is -2.20. The molecule has 0 spiro atoms. The average molecular weight is 501 g/mol. The predicted octanol–water partition coefficient (Wildman–Crippen LogP) is 5.46. The summed E-state index contributed by atoms with van der Waals surface area (Å²) < 4.78 is 13.8. The highest BCUT2D eigenvalue weighted by molar-refractivity contribution is 9.10. The number of fused-ring (bicyclic) bond motifs is 1. The largest absolute Gasteiger partial charge is 0.496 e. The first kappa shape index (κ1) is 22.6. The van der Waals surface area contributed by atoms with Gasteiger partial charge in [0.2, 0.25) is 0 Å². The number of amides is 1. The molecule has 4 rings (SSSR count). The van der Waals surface area contributed by atoms with Gasteiger partial charge in [0.05, 0.1) is 30.7 Å². The number of hydrogen-bond acceptors (Lipinski definition) is 5. The first-order valence-corrected chi connectivity index (χ1v) is 11.9. The molecule has 1 aliphatic rings. The highest BCUT2D eigenvalue weighted by Gasteiger charge is 2.29. The molecule has 3 aromatic rings. The van der Waals surface area contributed by atoms with Crippen LogP contribution in [0, 0.1) is 19.8 Å². The molecule has 1 aromatic carbocycles. The topological polar surface area (TPSA) is 82.2 Å². The second kappa shape index (κ2) is 9.48. The number of aromatic nitrogens is 3. The van der Waals surface area contributed by atoms with Crippen molar-refractivity contribution < 1.29 is 14.1 Å². The van der Waals surface area contributed by atoms with Crippen LogP contribution in [0.15, 0.2) is 27.2 Å². The first-order chi connectivity index (χ1) is 15.4. The number of ether oxygens (including phenoxy) is 1. The number of nitrogens with zero attached hydrogens (tertiary/aromatic N) is 3. The zero-order chi connectivity index (χ0) is 22.8. The predicted molar refractivity (Wildman–Crippen MR) is 126 cm³/mol. The molecule has 1 amide bonds. The molecule has 1 aliphatic carbocycles. The van der Waals surface area contributed by atoms with Crippen molar-refractivity contribution >= 4 is 27.5 Å². The maximum Gasteiger partial charge on any atom is 0.278 e. The zero-order valence-corrected chi connectivity index (χ0v) is 20.6. The lowest BCUT2D eigenvalue weighted by atomic mass is 9.84. The minimum Gasteiger partial charge on any atom is -0.496 e. The summed E-state index contributed by atoms with van der Waals surface area (Å²) in [7, 11) is 1.66. The van der Waals surface area contributed by atoms with Gasteiger partial charge >= 0.3 is 0 Å². The molecule has 0 radical (unpaired) electrons. The Kier molecular flexibility index (Phi) is 6.69. The highest BCUT2D eigenvalue weighted by Crippen LogP contribution is 2.32. The number of aryl methyl sites for hydroxylation is 2. The number of benzene rings is 1. The molecular weight excluding hydrogens is 472 g/mol. The second-order valence-corrected chi connectivity index (χ2v) is 9.36. The molecule has 7 nitrogen and oxygen atoms in total. The van der Waals surface area contributed by atoms with E-state index >= 15 is 0 Å². The van der Waals surface area contributed by atoms with E-state index in [-0.39, 0.29) is 5.91 Å². The van der Waals surface area contributed by atoms with Crippen molar-refractivity contribution in [2.24, 2.45) is 5.92 Å². The van der Waals surface area contributed by atoms with Crippen LogP contribution in [-0.2, 0) is 19.4 Å². The van der Waals surface area contributed by atoms with Gasteiger partial charge in [0, 0.05) is 22.0 Å². The summed E-state index contributed by atoms with van der Waals surface area (Å²) in [6.07, 6.45) is 5.12. The molecule has 8 heteroatoms. The normalized spacial score (nSPS) is 15.5. The van der Waals surface area contributed by atoms with Crippen LogP contribution in [0.3, 0.4) is 0 Å². The fourth-order valence-electron chi connectivity index (χ4n) is 4.55. The van der Waals surface area contributed by atoms with Crippen molar-refractivity contribution in [3.63, 3.8) is 0 Å². The molecule has 0 bridgehead atoms. The van der Waals surface area contributed by atoms with Crippen LogP contribution in [0.4, 0.5) is 5.69 Å². The lowest BCUT2D eigenvalue weighted by Crippen LogP contribution is -2.19. The average Bonchev–Trinajstić information content (AvgIpc) is 3.30.